The van der Waals surface area contributed by atoms with Gasteiger partial charge in [0.2, 0.25) is 0 Å². The van der Waals surface area contributed by atoms with Gasteiger partial charge in [-0.05, 0) is 25.1 Å². The Bertz CT molecular complexity index is 610. The number of fused-ring (bicyclic) bond motifs is 1. The SMILES string of the molecule is CC(Cl)c1nc2cc(Cl)ccc2n1CCOC(N)=O. The Kier molecular flexibility index (Phi) is 4.17. The summed E-state index contributed by atoms with van der Waals surface area (Å²) in [6.45, 7) is 2.43. The number of benzene rings is 1. The number of nitrogens with two attached hydrogens (primary N) is 1. The van der Waals surface area contributed by atoms with Crippen LogP contribution < -0.4 is 5.73 Å². The van der Waals surface area contributed by atoms with Gasteiger partial charge in [-0.2, -0.15) is 0 Å². The molecule has 1 aromatic heterocycles. The molecular formula is C12H13Cl2N3O2. The zero-order valence-corrected chi connectivity index (χ0v) is 11.8. The van der Waals surface area contributed by atoms with E-state index in [1.807, 2.05) is 17.6 Å². The second-order valence-corrected chi connectivity index (χ2v) is 5.13. The molecule has 0 aliphatic rings. The van der Waals surface area contributed by atoms with Crippen LogP contribution in [0.15, 0.2) is 18.2 Å². The van der Waals surface area contributed by atoms with Crippen molar-refractivity contribution in [1.29, 1.82) is 0 Å². The molecule has 0 bridgehead atoms. The number of nitrogens with zero attached hydrogens (tertiary/aromatic N) is 2. The molecule has 0 radical (unpaired) electrons. The van der Waals surface area contributed by atoms with Gasteiger partial charge in [0.15, 0.2) is 0 Å². The van der Waals surface area contributed by atoms with Crippen LogP contribution in [0, 0.1) is 0 Å². The smallest absolute Gasteiger partial charge is 0.404 e. The standard InChI is InChI=1S/C12H13Cl2N3O2/c1-7(13)11-16-9-6-8(14)2-3-10(9)17(11)4-5-19-12(15)18/h2-3,6-7H,4-5H2,1H3,(H2,15,18). The minimum atomic E-state index is -0.798. The van der Waals surface area contributed by atoms with Crippen molar-refractivity contribution in [2.75, 3.05) is 6.61 Å². The molecule has 2 rings (SSSR count). The van der Waals surface area contributed by atoms with E-state index in [0.717, 1.165) is 11.0 Å². The average Bonchev–Trinajstić information content (AvgIpc) is 2.67. The number of ether oxygens (including phenoxy) is 1. The second kappa shape index (κ2) is 5.67. The maximum absolute atomic E-state index is 10.6. The molecule has 0 aliphatic heterocycles. The molecule has 0 aliphatic carbocycles. The molecule has 0 saturated heterocycles. The lowest BCUT2D eigenvalue weighted by Gasteiger charge is -2.10. The highest BCUT2D eigenvalue weighted by Gasteiger charge is 2.15. The van der Waals surface area contributed by atoms with Gasteiger partial charge >= 0.3 is 6.09 Å². The summed E-state index contributed by atoms with van der Waals surface area (Å²) in [6.07, 6.45) is -0.798. The first-order chi connectivity index (χ1) is 8.99. The maximum atomic E-state index is 10.6. The van der Waals surface area contributed by atoms with E-state index >= 15 is 0 Å². The number of aromatic nitrogens is 2. The van der Waals surface area contributed by atoms with Gasteiger partial charge in [0.05, 0.1) is 23.0 Å². The van der Waals surface area contributed by atoms with Gasteiger partial charge in [-0.15, -0.1) is 11.6 Å². The van der Waals surface area contributed by atoms with Gasteiger partial charge < -0.3 is 15.0 Å². The van der Waals surface area contributed by atoms with E-state index in [9.17, 15) is 4.79 Å². The van der Waals surface area contributed by atoms with E-state index in [1.54, 1.807) is 12.1 Å². The summed E-state index contributed by atoms with van der Waals surface area (Å²) in [7, 11) is 0. The van der Waals surface area contributed by atoms with E-state index < -0.39 is 6.09 Å². The predicted octanol–water partition coefficient (Wildman–Crippen LogP) is 3.08. The van der Waals surface area contributed by atoms with Crippen molar-refractivity contribution < 1.29 is 9.53 Å². The third-order valence-electron chi connectivity index (χ3n) is 2.65. The summed E-state index contributed by atoms with van der Waals surface area (Å²) in [6, 6.07) is 5.41. The monoisotopic (exact) mass is 301 g/mol. The van der Waals surface area contributed by atoms with Crippen LogP contribution in [0.2, 0.25) is 5.02 Å². The van der Waals surface area contributed by atoms with Crippen LogP contribution in [0.4, 0.5) is 4.79 Å². The topological polar surface area (TPSA) is 70.1 Å². The van der Waals surface area contributed by atoms with Crippen LogP contribution >= 0.6 is 23.2 Å². The van der Waals surface area contributed by atoms with Crippen molar-refractivity contribution in [3.05, 3.63) is 29.0 Å². The molecule has 1 aromatic carbocycles. The Morgan fingerprint density at radius 2 is 2.32 bits per heavy atom. The number of primary amides is 1. The minimum absolute atomic E-state index is 0.167. The summed E-state index contributed by atoms with van der Waals surface area (Å²) in [5, 5.41) is 0.346. The van der Waals surface area contributed by atoms with E-state index in [2.05, 4.69) is 4.98 Å². The van der Waals surface area contributed by atoms with Crippen LogP contribution in [0.3, 0.4) is 0 Å². The maximum Gasteiger partial charge on any atom is 0.404 e. The normalized spacial score (nSPS) is 12.6. The average molecular weight is 302 g/mol. The highest BCUT2D eigenvalue weighted by molar-refractivity contribution is 6.31. The number of alkyl halides is 1. The quantitative estimate of drug-likeness (QED) is 0.882. The molecule has 0 spiro atoms. The molecule has 1 atom stereocenters. The highest BCUT2D eigenvalue weighted by Crippen LogP contribution is 2.26. The Morgan fingerprint density at radius 3 is 2.95 bits per heavy atom. The zero-order valence-electron chi connectivity index (χ0n) is 10.3. The third-order valence-corrected chi connectivity index (χ3v) is 3.09. The molecule has 7 heteroatoms. The predicted molar refractivity (Wildman–Crippen MR) is 74.5 cm³/mol. The Morgan fingerprint density at radius 1 is 1.58 bits per heavy atom. The van der Waals surface area contributed by atoms with Gasteiger partial charge in [0.25, 0.3) is 0 Å². The van der Waals surface area contributed by atoms with Gasteiger partial charge in [-0.1, -0.05) is 11.6 Å². The van der Waals surface area contributed by atoms with E-state index in [0.29, 0.717) is 17.4 Å². The number of amides is 1. The summed E-state index contributed by atoms with van der Waals surface area (Å²) in [4.78, 5) is 15.0. The zero-order chi connectivity index (χ0) is 14.0. The number of imidazole rings is 1. The number of rotatable bonds is 4. The number of hydrogen-bond acceptors (Lipinski definition) is 3. The second-order valence-electron chi connectivity index (χ2n) is 4.04. The molecule has 2 N–H and O–H groups in total. The van der Waals surface area contributed by atoms with Gasteiger partial charge in [-0.25, -0.2) is 9.78 Å². The van der Waals surface area contributed by atoms with Gasteiger partial charge in [-0.3, -0.25) is 0 Å². The number of carbonyl (C=O) groups is 1. The summed E-state index contributed by atoms with van der Waals surface area (Å²) in [5.74, 6) is 0.701. The summed E-state index contributed by atoms with van der Waals surface area (Å²) in [5.41, 5.74) is 6.58. The lowest BCUT2D eigenvalue weighted by atomic mass is 10.3. The molecule has 1 amide bonds. The van der Waals surface area contributed by atoms with Gasteiger partial charge in [0, 0.05) is 5.02 Å². The lowest BCUT2D eigenvalue weighted by Crippen LogP contribution is -2.17. The fraction of sp³-hybridized carbons (Fsp3) is 0.333. The number of carbonyl (C=O) groups excluding carboxylic acids is 1. The largest absolute Gasteiger partial charge is 0.448 e. The van der Waals surface area contributed by atoms with Crippen molar-refractivity contribution in [2.24, 2.45) is 5.73 Å². The Balaban J connectivity index is 2.37. The number of hydrogen-bond donors (Lipinski definition) is 1. The third kappa shape index (κ3) is 3.11. The lowest BCUT2D eigenvalue weighted by molar-refractivity contribution is 0.152. The minimum Gasteiger partial charge on any atom is -0.448 e. The Hall–Kier alpha value is -1.46. The molecule has 5 nitrogen and oxygen atoms in total. The van der Waals surface area contributed by atoms with Crippen molar-refractivity contribution in [3.63, 3.8) is 0 Å². The van der Waals surface area contributed by atoms with Crippen molar-refractivity contribution >= 4 is 40.3 Å². The van der Waals surface area contributed by atoms with Crippen LogP contribution in [-0.2, 0) is 11.3 Å². The molecule has 0 saturated carbocycles. The highest BCUT2D eigenvalue weighted by atomic mass is 35.5. The molecule has 102 valence electrons. The van der Waals surface area contributed by atoms with E-state index in [4.69, 9.17) is 33.7 Å². The molecular weight excluding hydrogens is 289 g/mol. The fourth-order valence-corrected chi connectivity index (χ4v) is 2.23. The fourth-order valence-electron chi connectivity index (χ4n) is 1.90. The first-order valence-corrected chi connectivity index (χ1v) is 6.52. The molecule has 0 fully saturated rings. The van der Waals surface area contributed by atoms with Crippen LogP contribution in [0.5, 0.6) is 0 Å². The van der Waals surface area contributed by atoms with Crippen LogP contribution in [0.1, 0.15) is 18.1 Å². The first kappa shape index (κ1) is 14.0. The van der Waals surface area contributed by atoms with Gasteiger partial charge in [0.1, 0.15) is 12.4 Å². The van der Waals surface area contributed by atoms with Crippen molar-refractivity contribution in [2.45, 2.75) is 18.8 Å². The van der Waals surface area contributed by atoms with Crippen LogP contribution in [0.25, 0.3) is 11.0 Å². The van der Waals surface area contributed by atoms with Crippen molar-refractivity contribution in [1.82, 2.24) is 9.55 Å². The summed E-state index contributed by atoms with van der Waals surface area (Å²) < 4.78 is 6.64. The summed E-state index contributed by atoms with van der Waals surface area (Å²) >= 11 is 12.0. The molecule has 1 unspecified atom stereocenters. The van der Waals surface area contributed by atoms with E-state index in [-0.39, 0.29) is 12.0 Å². The Labute approximate surface area is 120 Å². The van der Waals surface area contributed by atoms with Crippen LogP contribution in [-0.4, -0.2) is 22.3 Å². The van der Waals surface area contributed by atoms with E-state index in [1.165, 1.54) is 0 Å². The van der Waals surface area contributed by atoms with Crippen molar-refractivity contribution in [3.8, 4) is 0 Å². The molecule has 1 heterocycles. The molecule has 2 aromatic rings. The molecule has 19 heavy (non-hydrogen) atoms. The first-order valence-electron chi connectivity index (χ1n) is 5.71. The number of halogens is 2.